The van der Waals surface area contributed by atoms with Gasteiger partial charge in [-0.1, -0.05) is 26.1 Å². The van der Waals surface area contributed by atoms with Gasteiger partial charge in [0.1, 0.15) is 0 Å². The molecule has 0 saturated heterocycles. The van der Waals surface area contributed by atoms with E-state index >= 15 is 0 Å². The van der Waals surface area contributed by atoms with Crippen LogP contribution in [0.5, 0.6) is 0 Å². The average molecular weight is 114 g/mol. The molecule has 0 aliphatic heterocycles. The van der Waals surface area contributed by atoms with Gasteiger partial charge in [-0.05, 0) is 24.1 Å². The fourth-order valence-corrected chi connectivity index (χ4v) is 0.322. The van der Waals surface area contributed by atoms with Crippen LogP contribution in [-0.2, 0) is 0 Å². The third kappa shape index (κ3) is 2.75. The van der Waals surface area contributed by atoms with Crippen LogP contribution in [0.1, 0.15) is 13.8 Å². The van der Waals surface area contributed by atoms with Gasteiger partial charge < -0.3 is 0 Å². The van der Waals surface area contributed by atoms with Crippen molar-refractivity contribution < 1.29 is 0 Å². The fourth-order valence-electron chi connectivity index (χ4n) is 0.186. The van der Waals surface area contributed by atoms with E-state index in [4.69, 9.17) is 12.2 Å². The van der Waals surface area contributed by atoms with Crippen molar-refractivity contribution in [2.45, 2.75) is 13.8 Å². The third-order valence-electron chi connectivity index (χ3n) is 1.01. The van der Waals surface area contributed by atoms with E-state index in [1.54, 1.807) is 0 Å². The summed E-state index contributed by atoms with van der Waals surface area (Å²) in [5, 5.41) is 0. The lowest BCUT2D eigenvalue weighted by molar-refractivity contribution is 0.926. The van der Waals surface area contributed by atoms with E-state index in [2.05, 4.69) is 6.92 Å². The molecule has 1 unspecified atom stereocenters. The molecule has 2 radical (unpaired) electrons. The van der Waals surface area contributed by atoms with Gasteiger partial charge in [0.2, 0.25) is 0 Å². The minimum absolute atomic E-state index is 0.398. The average Bonchev–Trinajstić information content (AvgIpc) is 1.65. The highest BCUT2D eigenvalue weighted by atomic mass is 32.1. The molecule has 0 aliphatic rings. The molecule has 0 saturated carbocycles. The topological polar surface area (TPSA) is 0 Å². The van der Waals surface area contributed by atoms with E-state index in [0.717, 1.165) is 4.86 Å². The molecule has 0 amide bonds. The summed E-state index contributed by atoms with van der Waals surface area (Å²) in [7, 11) is 0. The van der Waals surface area contributed by atoms with Gasteiger partial charge in [-0.2, -0.15) is 0 Å². The Morgan fingerprint density at radius 1 is 1.86 bits per heavy atom. The van der Waals surface area contributed by atoms with Gasteiger partial charge in [-0.25, -0.2) is 0 Å². The lowest BCUT2D eigenvalue weighted by Crippen LogP contribution is -2.01. The molecule has 0 bridgehead atoms. The van der Waals surface area contributed by atoms with Gasteiger partial charge in [-0.3, -0.25) is 0 Å². The van der Waals surface area contributed by atoms with Crippen LogP contribution in [-0.4, -0.2) is 4.86 Å². The van der Waals surface area contributed by atoms with Crippen LogP contribution in [0.15, 0.2) is 0 Å². The molecular weight excluding hydrogens is 104 g/mol. The summed E-state index contributed by atoms with van der Waals surface area (Å²) in [5.74, 6) is 0.398. The third-order valence-corrected chi connectivity index (χ3v) is 1.38. The molecule has 0 aromatic rings. The second kappa shape index (κ2) is 3.14. The zero-order chi connectivity index (χ0) is 5.86. The molecule has 1 heteroatoms. The Labute approximate surface area is 50.9 Å². The smallest absolute Gasteiger partial charge is 0.00371 e. The van der Waals surface area contributed by atoms with Crippen molar-refractivity contribution in [2.75, 3.05) is 0 Å². The lowest BCUT2D eigenvalue weighted by atomic mass is 10.1. The lowest BCUT2D eigenvalue weighted by Gasteiger charge is -2.01. The van der Waals surface area contributed by atoms with Crippen molar-refractivity contribution in [2.24, 2.45) is 5.92 Å². The second-order valence-corrected chi connectivity index (χ2v) is 2.11. The van der Waals surface area contributed by atoms with Crippen molar-refractivity contribution >= 4 is 17.1 Å². The Hall–Kier alpha value is 0.0900. The van der Waals surface area contributed by atoms with Crippen molar-refractivity contribution in [3.63, 3.8) is 0 Å². The van der Waals surface area contributed by atoms with E-state index in [0.29, 0.717) is 5.92 Å². The Bertz CT molecular complexity index is 66.6. The van der Waals surface area contributed by atoms with Crippen molar-refractivity contribution in [3.05, 3.63) is 13.3 Å². The minimum atomic E-state index is 0.398. The van der Waals surface area contributed by atoms with Crippen LogP contribution < -0.4 is 0 Å². The number of thiocarbonyl (C=S) groups is 1. The highest BCUT2D eigenvalue weighted by Crippen LogP contribution is 2.00. The molecule has 0 heterocycles. The van der Waals surface area contributed by atoms with Gasteiger partial charge in [0.15, 0.2) is 0 Å². The number of hydrogen-bond acceptors (Lipinski definition) is 1. The van der Waals surface area contributed by atoms with Crippen molar-refractivity contribution in [3.8, 4) is 0 Å². The van der Waals surface area contributed by atoms with Gasteiger partial charge in [0.05, 0.1) is 0 Å². The maximum absolute atomic E-state index is 4.77. The molecule has 0 nitrogen and oxygen atoms in total. The highest BCUT2D eigenvalue weighted by Gasteiger charge is 1.97. The molecule has 0 aromatic heterocycles. The van der Waals surface area contributed by atoms with Crippen LogP contribution in [0.4, 0.5) is 0 Å². The maximum atomic E-state index is 4.77. The van der Waals surface area contributed by atoms with E-state index in [9.17, 15) is 0 Å². The zero-order valence-corrected chi connectivity index (χ0v) is 5.59. The van der Waals surface area contributed by atoms with Gasteiger partial charge in [0, 0.05) is 0 Å². The Kier molecular flexibility index (Phi) is 3.18. The quantitative estimate of drug-likeness (QED) is 0.495. The van der Waals surface area contributed by atoms with Crippen LogP contribution in [0.3, 0.4) is 0 Å². The maximum Gasteiger partial charge on any atom is -0.00371 e. The molecule has 0 N–H and O–H groups in total. The summed E-state index contributed by atoms with van der Waals surface area (Å²) in [6, 6.07) is 0. The first-order valence-electron chi connectivity index (χ1n) is 2.33. The predicted octanol–water partition coefficient (Wildman–Crippen LogP) is 2.05. The molecule has 1 atom stereocenters. The Morgan fingerprint density at radius 2 is 2.29 bits per heavy atom. The SMILES string of the molecule is [CH2]C(=S)C(C)[CH]C. The van der Waals surface area contributed by atoms with Crippen LogP contribution in [0, 0.1) is 19.3 Å². The fraction of sp³-hybridized carbons (Fsp3) is 0.500. The van der Waals surface area contributed by atoms with Crippen molar-refractivity contribution in [1.29, 1.82) is 0 Å². The molecule has 0 fully saturated rings. The number of rotatable bonds is 2. The van der Waals surface area contributed by atoms with Crippen LogP contribution in [0.2, 0.25) is 0 Å². The first-order valence-corrected chi connectivity index (χ1v) is 2.74. The van der Waals surface area contributed by atoms with Gasteiger partial charge in [0.25, 0.3) is 0 Å². The monoisotopic (exact) mass is 114 g/mol. The highest BCUT2D eigenvalue weighted by molar-refractivity contribution is 7.80. The summed E-state index contributed by atoms with van der Waals surface area (Å²) in [6.45, 7) is 7.63. The Morgan fingerprint density at radius 3 is 2.29 bits per heavy atom. The second-order valence-electron chi connectivity index (χ2n) is 1.59. The van der Waals surface area contributed by atoms with E-state index < -0.39 is 0 Å². The molecular formula is C6H10S. The molecule has 7 heavy (non-hydrogen) atoms. The first-order chi connectivity index (χ1) is 3.18. The van der Waals surface area contributed by atoms with Crippen molar-refractivity contribution in [1.82, 2.24) is 0 Å². The molecule has 0 aliphatic carbocycles. The van der Waals surface area contributed by atoms with E-state index in [1.807, 2.05) is 20.3 Å². The van der Waals surface area contributed by atoms with Crippen LogP contribution in [0.25, 0.3) is 0 Å². The Balaban J connectivity index is 3.34. The summed E-state index contributed by atoms with van der Waals surface area (Å²) >= 11 is 4.77. The molecule has 0 aromatic carbocycles. The predicted molar refractivity (Wildman–Crippen MR) is 37.1 cm³/mol. The zero-order valence-electron chi connectivity index (χ0n) is 4.77. The van der Waals surface area contributed by atoms with E-state index in [1.165, 1.54) is 0 Å². The summed E-state index contributed by atoms with van der Waals surface area (Å²) < 4.78 is 0. The minimum Gasteiger partial charge on any atom is -0.0894 e. The summed E-state index contributed by atoms with van der Waals surface area (Å²) in [6.07, 6.45) is 2.04. The normalized spacial score (nSPS) is 13.6. The standard InChI is InChI=1S/C6H10S/c1-4-5(2)6(3)7/h4-5H,3H2,1-2H3. The van der Waals surface area contributed by atoms with Gasteiger partial charge in [-0.15, -0.1) is 0 Å². The largest absolute Gasteiger partial charge is 0.0894 e. The number of hydrogen-bond donors (Lipinski definition) is 0. The van der Waals surface area contributed by atoms with E-state index in [-0.39, 0.29) is 0 Å². The van der Waals surface area contributed by atoms with Crippen LogP contribution >= 0.6 is 12.2 Å². The molecule has 0 spiro atoms. The summed E-state index contributed by atoms with van der Waals surface area (Å²) in [5.41, 5.74) is 0. The first kappa shape index (κ1) is 7.09. The summed E-state index contributed by atoms with van der Waals surface area (Å²) in [4.78, 5) is 0.822. The molecule has 0 rings (SSSR count). The van der Waals surface area contributed by atoms with Gasteiger partial charge >= 0.3 is 0 Å². The molecule has 40 valence electrons.